The third kappa shape index (κ3) is 1.53. The van der Waals surface area contributed by atoms with Crippen molar-refractivity contribution < 1.29 is 4.52 Å². The minimum Gasteiger partial charge on any atom is -0.367 e. The Balaban J connectivity index is 2.05. The van der Waals surface area contributed by atoms with Gasteiger partial charge in [0, 0.05) is 10.8 Å². The van der Waals surface area contributed by atoms with Gasteiger partial charge in [-0.15, -0.1) is 11.3 Å². The number of hydrogen-bond donors (Lipinski definition) is 1. The second kappa shape index (κ2) is 3.63. The molecule has 1 fully saturated rings. The molecule has 4 heteroatoms. The first-order valence-corrected chi connectivity index (χ1v) is 6.44. The molecule has 1 aliphatic rings. The molecule has 2 N–H and O–H groups in total. The molecule has 1 unspecified atom stereocenters. The molecule has 0 aliphatic heterocycles. The van der Waals surface area contributed by atoms with Crippen LogP contribution in [0.2, 0.25) is 0 Å². The number of nitrogen functional groups attached to an aromatic ring is 1. The molecule has 1 aliphatic carbocycles. The minimum absolute atomic E-state index is 0.449. The van der Waals surface area contributed by atoms with Crippen molar-refractivity contribution in [1.82, 2.24) is 5.16 Å². The van der Waals surface area contributed by atoms with Gasteiger partial charge in [0.25, 0.3) is 0 Å². The van der Waals surface area contributed by atoms with Crippen LogP contribution in [0.3, 0.4) is 0 Å². The monoisotopic (exact) mass is 234 g/mol. The van der Waals surface area contributed by atoms with Gasteiger partial charge < -0.3 is 10.3 Å². The highest BCUT2D eigenvalue weighted by Gasteiger charge is 2.33. The standard InChI is InChI=1S/C12H14N2OS/c1-7(8-4-5-8)11-10(12(13)15-14-11)9-3-2-6-16-9/h2-3,6-8H,4-5,13H2,1H3. The molecule has 84 valence electrons. The minimum atomic E-state index is 0.449. The van der Waals surface area contributed by atoms with Gasteiger partial charge in [0.15, 0.2) is 0 Å². The highest BCUT2D eigenvalue weighted by molar-refractivity contribution is 7.13. The van der Waals surface area contributed by atoms with Crippen LogP contribution < -0.4 is 5.73 Å². The van der Waals surface area contributed by atoms with E-state index in [1.807, 2.05) is 11.4 Å². The van der Waals surface area contributed by atoms with E-state index in [1.54, 1.807) is 11.3 Å². The highest BCUT2D eigenvalue weighted by atomic mass is 32.1. The largest absolute Gasteiger partial charge is 0.367 e. The van der Waals surface area contributed by atoms with Crippen LogP contribution >= 0.6 is 11.3 Å². The second-order valence-corrected chi connectivity index (χ2v) is 5.36. The van der Waals surface area contributed by atoms with Gasteiger partial charge in [-0.05, 0) is 30.2 Å². The van der Waals surface area contributed by atoms with E-state index in [9.17, 15) is 0 Å². The van der Waals surface area contributed by atoms with E-state index in [2.05, 4.69) is 18.1 Å². The van der Waals surface area contributed by atoms with E-state index < -0.39 is 0 Å². The van der Waals surface area contributed by atoms with Crippen molar-refractivity contribution in [3.63, 3.8) is 0 Å². The zero-order chi connectivity index (χ0) is 11.1. The van der Waals surface area contributed by atoms with Crippen molar-refractivity contribution in [2.75, 3.05) is 5.73 Å². The summed E-state index contributed by atoms with van der Waals surface area (Å²) < 4.78 is 5.15. The van der Waals surface area contributed by atoms with Crippen molar-refractivity contribution in [2.24, 2.45) is 5.92 Å². The lowest BCUT2D eigenvalue weighted by Gasteiger charge is -2.07. The molecule has 3 nitrogen and oxygen atoms in total. The fraction of sp³-hybridized carbons (Fsp3) is 0.417. The van der Waals surface area contributed by atoms with Crippen LogP contribution in [-0.2, 0) is 0 Å². The maximum absolute atomic E-state index is 5.87. The second-order valence-electron chi connectivity index (χ2n) is 4.41. The Hall–Kier alpha value is -1.29. The maximum Gasteiger partial charge on any atom is 0.231 e. The summed E-state index contributed by atoms with van der Waals surface area (Å²) in [6.45, 7) is 2.21. The highest BCUT2D eigenvalue weighted by Crippen LogP contribution is 2.46. The quantitative estimate of drug-likeness (QED) is 0.884. The molecule has 1 atom stereocenters. The van der Waals surface area contributed by atoms with Crippen molar-refractivity contribution >= 4 is 17.2 Å². The van der Waals surface area contributed by atoms with Crippen LogP contribution in [0.4, 0.5) is 5.88 Å². The lowest BCUT2D eigenvalue weighted by Crippen LogP contribution is -1.98. The average Bonchev–Trinajstić information content (AvgIpc) is 2.85. The van der Waals surface area contributed by atoms with Crippen LogP contribution in [0.1, 0.15) is 31.4 Å². The molecule has 0 bridgehead atoms. The Morgan fingerprint density at radius 3 is 3.00 bits per heavy atom. The molecule has 0 saturated heterocycles. The van der Waals surface area contributed by atoms with Gasteiger partial charge in [-0.1, -0.05) is 18.1 Å². The van der Waals surface area contributed by atoms with E-state index in [0.29, 0.717) is 11.8 Å². The van der Waals surface area contributed by atoms with Crippen LogP contribution in [0.15, 0.2) is 22.0 Å². The molecular weight excluding hydrogens is 220 g/mol. The normalized spacial score (nSPS) is 17.6. The SMILES string of the molecule is CC(c1noc(N)c1-c1cccs1)C1CC1. The van der Waals surface area contributed by atoms with E-state index in [0.717, 1.165) is 22.1 Å². The number of nitrogens with two attached hydrogens (primary N) is 1. The van der Waals surface area contributed by atoms with Crippen LogP contribution in [-0.4, -0.2) is 5.16 Å². The molecular formula is C12H14N2OS. The van der Waals surface area contributed by atoms with Gasteiger partial charge in [0.1, 0.15) is 0 Å². The first-order valence-electron chi connectivity index (χ1n) is 5.56. The Labute approximate surface area is 98.3 Å². The molecule has 2 heterocycles. The Kier molecular flexibility index (Phi) is 2.24. The summed E-state index contributed by atoms with van der Waals surface area (Å²) in [7, 11) is 0. The van der Waals surface area contributed by atoms with E-state index in [4.69, 9.17) is 10.3 Å². The number of hydrogen-bond acceptors (Lipinski definition) is 4. The number of nitrogens with zero attached hydrogens (tertiary/aromatic N) is 1. The van der Waals surface area contributed by atoms with E-state index in [-0.39, 0.29) is 0 Å². The Bertz CT molecular complexity index is 485. The average molecular weight is 234 g/mol. The predicted molar refractivity (Wildman–Crippen MR) is 65.4 cm³/mol. The first kappa shape index (κ1) is 9.90. The lowest BCUT2D eigenvalue weighted by atomic mass is 9.98. The van der Waals surface area contributed by atoms with Crippen LogP contribution in [0.25, 0.3) is 10.4 Å². The summed E-state index contributed by atoms with van der Waals surface area (Å²) >= 11 is 1.68. The first-order chi connectivity index (χ1) is 7.77. The summed E-state index contributed by atoms with van der Waals surface area (Å²) in [4.78, 5) is 1.15. The molecule has 1 saturated carbocycles. The zero-order valence-electron chi connectivity index (χ0n) is 9.14. The predicted octanol–water partition coefficient (Wildman–Crippen LogP) is 3.50. The Morgan fingerprint density at radius 1 is 1.56 bits per heavy atom. The zero-order valence-corrected chi connectivity index (χ0v) is 9.96. The summed E-state index contributed by atoms with van der Waals surface area (Å²) in [6, 6.07) is 4.09. The van der Waals surface area contributed by atoms with Gasteiger partial charge in [-0.2, -0.15) is 0 Å². The third-order valence-electron chi connectivity index (χ3n) is 3.27. The fourth-order valence-corrected chi connectivity index (χ4v) is 2.90. The van der Waals surface area contributed by atoms with Crippen LogP contribution in [0.5, 0.6) is 0 Å². The van der Waals surface area contributed by atoms with Gasteiger partial charge in [0.2, 0.25) is 5.88 Å². The van der Waals surface area contributed by atoms with Gasteiger partial charge >= 0.3 is 0 Å². The molecule has 2 aromatic heterocycles. The molecule has 0 amide bonds. The van der Waals surface area contributed by atoms with Gasteiger partial charge in [-0.25, -0.2) is 0 Å². The lowest BCUT2D eigenvalue weighted by molar-refractivity contribution is 0.417. The molecule has 0 radical (unpaired) electrons. The summed E-state index contributed by atoms with van der Waals surface area (Å²) in [6.07, 6.45) is 2.61. The summed E-state index contributed by atoms with van der Waals surface area (Å²) in [5, 5.41) is 6.19. The Morgan fingerprint density at radius 2 is 2.38 bits per heavy atom. The fourth-order valence-electron chi connectivity index (χ4n) is 2.11. The van der Waals surface area contributed by atoms with Crippen LogP contribution in [0, 0.1) is 5.92 Å². The summed E-state index contributed by atoms with van der Waals surface area (Å²) in [5.41, 5.74) is 7.91. The summed E-state index contributed by atoms with van der Waals surface area (Å²) in [5.74, 6) is 1.67. The smallest absolute Gasteiger partial charge is 0.231 e. The number of aromatic nitrogens is 1. The third-order valence-corrected chi connectivity index (χ3v) is 4.16. The van der Waals surface area contributed by atoms with Gasteiger partial charge in [-0.3, -0.25) is 0 Å². The van der Waals surface area contributed by atoms with E-state index >= 15 is 0 Å². The van der Waals surface area contributed by atoms with Crippen molar-refractivity contribution in [3.05, 3.63) is 23.2 Å². The molecule has 0 aromatic carbocycles. The maximum atomic E-state index is 5.87. The van der Waals surface area contributed by atoms with Crippen molar-refractivity contribution in [2.45, 2.75) is 25.7 Å². The number of anilines is 1. The molecule has 2 aromatic rings. The molecule has 16 heavy (non-hydrogen) atoms. The van der Waals surface area contributed by atoms with Crippen molar-refractivity contribution in [3.8, 4) is 10.4 Å². The number of thiophene rings is 1. The van der Waals surface area contributed by atoms with E-state index in [1.165, 1.54) is 12.8 Å². The number of rotatable bonds is 3. The van der Waals surface area contributed by atoms with Gasteiger partial charge in [0.05, 0.1) is 11.3 Å². The molecule has 0 spiro atoms. The van der Waals surface area contributed by atoms with Crippen molar-refractivity contribution in [1.29, 1.82) is 0 Å². The molecule has 3 rings (SSSR count). The topological polar surface area (TPSA) is 52.0 Å².